The summed E-state index contributed by atoms with van der Waals surface area (Å²) in [6.07, 6.45) is 1.83. The van der Waals surface area contributed by atoms with Gasteiger partial charge in [-0.3, -0.25) is 0 Å². The van der Waals surface area contributed by atoms with Gasteiger partial charge in [-0.15, -0.1) is 0 Å². The summed E-state index contributed by atoms with van der Waals surface area (Å²) >= 11 is 4.85. The summed E-state index contributed by atoms with van der Waals surface area (Å²) in [6, 6.07) is 4.07. The van der Waals surface area contributed by atoms with Crippen LogP contribution >= 0.6 is 12.2 Å². The van der Waals surface area contributed by atoms with Crippen LogP contribution < -0.4 is 4.90 Å². The van der Waals surface area contributed by atoms with Gasteiger partial charge in [-0.05, 0) is 19.2 Å². The number of likely N-dealkylation sites (N-methyl/N-ethyl adjacent to an activating group) is 1. The Morgan fingerprint density at radius 2 is 2.00 bits per heavy atom. The van der Waals surface area contributed by atoms with Crippen molar-refractivity contribution in [1.29, 1.82) is 0 Å². The Kier molecular flexibility index (Phi) is 3.28. The summed E-state index contributed by atoms with van der Waals surface area (Å²) in [6.45, 7) is 4.33. The molecule has 0 radical (unpaired) electrons. The van der Waals surface area contributed by atoms with Crippen molar-refractivity contribution in [3.63, 3.8) is 0 Å². The number of piperazine rings is 1. The largest absolute Gasteiger partial charge is 0.354 e. The molecule has 3 nitrogen and oxygen atoms in total. The van der Waals surface area contributed by atoms with Crippen molar-refractivity contribution in [2.45, 2.75) is 0 Å². The van der Waals surface area contributed by atoms with Crippen LogP contribution in [-0.4, -0.2) is 48.5 Å². The summed E-state index contributed by atoms with van der Waals surface area (Å²) in [5, 5.41) is 1.65. The van der Waals surface area contributed by atoms with Crippen LogP contribution in [0.1, 0.15) is 5.56 Å². The highest BCUT2D eigenvalue weighted by molar-refractivity contribution is 7.79. The van der Waals surface area contributed by atoms with Gasteiger partial charge in [0.1, 0.15) is 5.82 Å². The summed E-state index contributed by atoms with van der Waals surface area (Å²) in [5.41, 5.74) is 1.00. The Hall–Kier alpha value is -1.00. The molecule has 0 N–H and O–H groups in total. The lowest BCUT2D eigenvalue weighted by atomic mass is 10.3. The van der Waals surface area contributed by atoms with E-state index in [9.17, 15) is 0 Å². The van der Waals surface area contributed by atoms with E-state index in [0.717, 1.165) is 37.6 Å². The topological polar surface area (TPSA) is 19.4 Å². The predicted molar refractivity (Wildman–Crippen MR) is 66.7 cm³/mol. The lowest BCUT2D eigenvalue weighted by molar-refractivity contribution is 0.312. The van der Waals surface area contributed by atoms with E-state index in [1.807, 2.05) is 18.3 Å². The second kappa shape index (κ2) is 4.68. The molecule has 15 heavy (non-hydrogen) atoms. The number of hydrogen-bond donors (Lipinski definition) is 0. The van der Waals surface area contributed by atoms with Gasteiger partial charge in [0, 0.05) is 43.3 Å². The molecule has 0 atom stereocenters. The molecule has 0 amide bonds. The van der Waals surface area contributed by atoms with Gasteiger partial charge in [0.05, 0.1) is 0 Å². The third-order valence-corrected chi connectivity index (χ3v) is 3.01. The van der Waals surface area contributed by atoms with E-state index in [1.165, 1.54) is 0 Å². The lowest BCUT2D eigenvalue weighted by Gasteiger charge is -2.33. The molecule has 0 bridgehead atoms. The molecule has 4 heteroatoms. The van der Waals surface area contributed by atoms with E-state index in [-0.39, 0.29) is 0 Å². The first-order valence-electron chi connectivity index (χ1n) is 5.14. The normalized spacial score (nSPS) is 17.8. The molecule has 1 aliphatic rings. The van der Waals surface area contributed by atoms with Crippen LogP contribution in [0.4, 0.5) is 5.82 Å². The Labute approximate surface area is 95.7 Å². The smallest absolute Gasteiger partial charge is 0.128 e. The minimum absolute atomic E-state index is 1.00. The molecule has 0 saturated carbocycles. The molecule has 1 aromatic rings. The highest BCUT2D eigenvalue weighted by Gasteiger charge is 2.14. The molecule has 1 aliphatic heterocycles. The van der Waals surface area contributed by atoms with Gasteiger partial charge in [0.15, 0.2) is 0 Å². The first kappa shape index (κ1) is 10.5. The maximum atomic E-state index is 4.85. The van der Waals surface area contributed by atoms with Gasteiger partial charge in [-0.1, -0.05) is 12.2 Å². The van der Waals surface area contributed by atoms with Gasteiger partial charge in [0.25, 0.3) is 0 Å². The lowest BCUT2D eigenvalue weighted by Crippen LogP contribution is -2.44. The van der Waals surface area contributed by atoms with Crippen LogP contribution in [0.3, 0.4) is 0 Å². The van der Waals surface area contributed by atoms with Crippen molar-refractivity contribution >= 4 is 23.4 Å². The van der Waals surface area contributed by atoms with Crippen LogP contribution in [0.2, 0.25) is 0 Å². The van der Waals surface area contributed by atoms with E-state index in [2.05, 4.69) is 21.8 Å². The number of rotatable bonds is 2. The number of nitrogens with zero attached hydrogens (tertiary/aromatic N) is 3. The molecule has 80 valence electrons. The number of aromatic nitrogens is 1. The monoisotopic (exact) mass is 221 g/mol. The molecule has 2 heterocycles. The van der Waals surface area contributed by atoms with E-state index in [1.54, 1.807) is 5.37 Å². The fourth-order valence-electron chi connectivity index (χ4n) is 1.69. The molecule has 0 aliphatic carbocycles. The summed E-state index contributed by atoms with van der Waals surface area (Å²) in [4.78, 5) is 9.06. The summed E-state index contributed by atoms with van der Waals surface area (Å²) in [7, 11) is 2.15. The Morgan fingerprint density at radius 1 is 1.27 bits per heavy atom. The van der Waals surface area contributed by atoms with Gasteiger partial charge >= 0.3 is 0 Å². The quantitative estimate of drug-likeness (QED) is 0.698. The second-order valence-corrected chi connectivity index (χ2v) is 4.09. The molecular formula is C11H15N3S. The molecule has 0 unspecified atom stereocenters. The van der Waals surface area contributed by atoms with Crippen molar-refractivity contribution in [2.75, 3.05) is 38.1 Å². The average Bonchev–Trinajstić information content (AvgIpc) is 2.30. The number of anilines is 1. The number of thiocarbonyl (C=S) groups is 1. The Bertz CT molecular complexity index is 328. The summed E-state index contributed by atoms with van der Waals surface area (Å²) in [5.74, 6) is 1.06. The highest BCUT2D eigenvalue weighted by Crippen LogP contribution is 2.12. The zero-order chi connectivity index (χ0) is 10.7. The third kappa shape index (κ3) is 2.52. The molecule has 1 saturated heterocycles. The molecule has 0 aromatic carbocycles. The van der Waals surface area contributed by atoms with Gasteiger partial charge in [0.2, 0.25) is 0 Å². The number of pyridine rings is 1. The van der Waals surface area contributed by atoms with Crippen LogP contribution in [0.25, 0.3) is 0 Å². The zero-order valence-electron chi connectivity index (χ0n) is 8.89. The van der Waals surface area contributed by atoms with Crippen molar-refractivity contribution < 1.29 is 0 Å². The maximum absolute atomic E-state index is 4.85. The minimum atomic E-state index is 1.00. The zero-order valence-corrected chi connectivity index (χ0v) is 9.70. The van der Waals surface area contributed by atoms with Gasteiger partial charge in [-0.25, -0.2) is 4.98 Å². The fourth-order valence-corrected chi connectivity index (χ4v) is 1.83. The minimum Gasteiger partial charge on any atom is -0.354 e. The van der Waals surface area contributed by atoms with Crippen molar-refractivity contribution in [3.8, 4) is 0 Å². The van der Waals surface area contributed by atoms with Crippen molar-refractivity contribution in [3.05, 3.63) is 23.9 Å². The van der Waals surface area contributed by atoms with Crippen LogP contribution in [-0.2, 0) is 0 Å². The third-order valence-electron chi connectivity index (χ3n) is 2.73. The molecule has 0 spiro atoms. The van der Waals surface area contributed by atoms with Crippen LogP contribution in [0.5, 0.6) is 0 Å². The van der Waals surface area contributed by atoms with Crippen molar-refractivity contribution in [2.24, 2.45) is 0 Å². The van der Waals surface area contributed by atoms with E-state index in [4.69, 9.17) is 12.2 Å². The number of hydrogen-bond acceptors (Lipinski definition) is 4. The Balaban J connectivity index is 2.06. The molecule has 1 fully saturated rings. The molecular weight excluding hydrogens is 206 g/mol. The molecule has 1 aromatic heterocycles. The van der Waals surface area contributed by atoms with E-state index < -0.39 is 0 Å². The van der Waals surface area contributed by atoms with E-state index in [0.29, 0.717) is 0 Å². The van der Waals surface area contributed by atoms with Gasteiger partial charge < -0.3 is 9.80 Å². The average molecular weight is 221 g/mol. The second-order valence-electron chi connectivity index (χ2n) is 3.86. The Morgan fingerprint density at radius 3 is 2.53 bits per heavy atom. The molecule has 2 rings (SSSR count). The fraction of sp³-hybridized carbons (Fsp3) is 0.455. The van der Waals surface area contributed by atoms with Gasteiger partial charge in [-0.2, -0.15) is 0 Å². The standard InChI is InChI=1S/C11H15N3S/c1-13-4-6-14(7-5-13)11-3-2-10(9-15)8-12-11/h2-3,8-9H,4-7H2,1H3. The predicted octanol–water partition coefficient (Wildman–Crippen LogP) is 1.18. The van der Waals surface area contributed by atoms with Crippen molar-refractivity contribution in [1.82, 2.24) is 9.88 Å². The first-order chi connectivity index (χ1) is 7.29. The first-order valence-corrected chi connectivity index (χ1v) is 5.61. The SMILES string of the molecule is CN1CCN(c2ccc(C=S)cn2)CC1. The van der Waals surface area contributed by atoms with Crippen LogP contribution in [0.15, 0.2) is 18.3 Å². The summed E-state index contributed by atoms with van der Waals surface area (Å²) < 4.78 is 0. The van der Waals surface area contributed by atoms with Crippen LogP contribution in [0, 0.1) is 0 Å². The van der Waals surface area contributed by atoms with E-state index >= 15 is 0 Å². The highest BCUT2D eigenvalue weighted by atomic mass is 32.1. The maximum Gasteiger partial charge on any atom is 0.128 e.